The Bertz CT molecular complexity index is 740. The molecule has 1 aromatic carbocycles. The van der Waals surface area contributed by atoms with Gasteiger partial charge in [-0.05, 0) is 42.1 Å². The molecular weight excluding hydrogens is 518 g/mol. The van der Waals surface area contributed by atoms with E-state index in [1.165, 1.54) is 17.0 Å². The minimum Gasteiger partial charge on any atom is -0.494 e. The lowest BCUT2D eigenvalue weighted by Crippen LogP contribution is -2.46. The standard InChI is InChI=1S/C21H29FN4O2S.HI/c1-23-21(24-9-3-12-28-18-7-5-17(22)6-8-18)25-16-19(20-4-2-15-29-20)26-10-13-27-14-11-26;/h2,4-8,15,19H,3,9-14,16H2,1H3,(H2,23,24,25);1H. The molecule has 9 heteroatoms. The zero-order chi connectivity index (χ0) is 20.3. The molecule has 3 rings (SSSR count). The van der Waals surface area contributed by atoms with Crippen LogP contribution in [0.5, 0.6) is 5.75 Å². The van der Waals surface area contributed by atoms with Crippen LogP contribution >= 0.6 is 35.3 Å². The summed E-state index contributed by atoms with van der Waals surface area (Å²) in [6, 6.07) is 10.7. The van der Waals surface area contributed by atoms with Gasteiger partial charge in [0.15, 0.2) is 5.96 Å². The monoisotopic (exact) mass is 548 g/mol. The van der Waals surface area contributed by atoms with Crippen molar-refractivity contribution in [1.29, 1.82) is 0 Å². The molecule has 6 nitrogen and oxygen atoms in total. The minimum atomic E-state index is -0.258. The number of ether oxygens (including phenoxy) is 2. The second-order valence-electron chi connectivity index (χ2n) is 6.72. The highest BCUT2D eigenvalue weighted by Gasteiger charge is 2.23. The molecule has 2 N–H and O–H groups in total. The number of benzene rings is 1. The SMILES string of the molecule is CN=C(NCCCOc1ccc(F)cc1)NCC(c1cccs1)N1CCOCC1.I. The van der Waals surface area contributed by atoms with Crippen molar-refractivity contribution in [3.05, 3.63) is 52.5 Å². The molecule has 0 radical (unpaired) electrons. The summed E-state index contributed by atoms with van der Waals surface area (Å²) in [5.41, 5.74) is 0. The van der Waals surface area contributed by atoms with Crippen molar-refractivity contribution >= 4 is 41.3 Å². The van der Waals surface area contributed by atoms with Crippen molar-refractivity contribution in [3.8, 4) is 5.75 Å². The van der Waals surface area contributed by atoms with Gasteiger partial charge in [-0.25, -0.2) is 4.39 Å². The van der Waals surface area contributed by atoms with Gasteiger partial charge in [-0.1, -0.05) is 6.07 Å². The van der Waals surface area contributed by atoms with Gasteiger partial charge in [-0.3, -0.25) is 9.89 Å². The normalized spacial score (nSPS) is 15.9. The lowest BCUT2D eigenvalue weighted by Gasteiger charge is -2.34. The second-order valence-corrected chi connectivity index (χ2v) is 7.69. The molecular formula is C21H30FIN4O2S. The van der Waals surface area contributed by atoms with E-state index in [0.29, 0.717) is 18.4 Å². The fourth-order valence-corrected chi connectivity index (χ4v) is 4.05. The summed E-state index contributed by atoms with van der Waals surface area (Å²) < 4.78 is 24.0. The van der Waals surface area contributed by atoms with E-state index in [1.54, 1.807) is 30.5 Å². The van der Waals surface area contributed by atoms with Crippen LogP contribution in [0.4, 0.5) is 4.39 Å². The molecule has 0 saturated carbocycles. The van der Waals surface area contributed by atoms with Gasteiger partial charge in [-0.2, -0.15) is 0 Å². The van der Waals surface area contributed by atoms with E-state index in [0.717, 1.165) is 51.8 Å². The lowest BCUT2D eigenvalue weighted by atomic mass is 10.2. The van der Waals surface area contributed by atoms with Gasteiger partial charge in [0.2, 0.25) is 0 Å². The summed E-state index contributed by atoms with van der Waals surface area (Å²) in [7, 11) is 1.78. The number of halogens is 2. The summed E-state index contributed by atoms with van der Waals surface area (Å²) in [5, 5.41) is 8.90. The van der Waals surface area contributed by atoms with Crippen molar-refractivity contribution in [1.82, 2.24) is 15.5 Å². The summed E-state index contributed by atoms with van der Waals surface area (Å²) >= 11 is 1.78. The quantitative estimate of drug-likeness (QED) is 0.218. The van der Waals surface area contributed by atoms with E-state index in [9.17, 15) is 4.39 Å². The first-order valence-corrected chi connectivity index (χ1v) is 10.8. The molecule has 0 spiro atoms. The van der Waals surface area contributed by atoms with E-state index < -0.39 is 0 Å². The van der Waals surface area contributed by atoms with Gasteiger partial charge >= 0.3 is 0 Å². The summed E-state index contributed by atoms with van der Waals surface area (Å²) in [6.07, 6.45) is 0.815. The Morgan fingerprint density at radius 1 is 1.23 bits per heavy atom. The largest absolute Gasteiger partial charge is 0.494 e. The van der Waals surface area contributed by atoms with Crippen LogP contribution in [0.2, 0.25) is 0 Å². The third-order valence-corrected chi connectivity index (χ3v) is 5.71. The number of hydrogen-bond donors (Lipinski definition) is 2. The molecule has 0 aliphatic carbocycles. The van der Waals surface area contributed by atoms with E-state index in [-0.39, 0.29) is 29.8 Å². The van der Waals surface area contributed by atoms with E-state index in [1.807, 2.05) is 0 Å². The smallest absolute Gasteiger partial charge is 0.191 e. The summed E-state index contributed by atoms with van der Waals surface area (Å²) in [5.74, 6) is 1.20. The van der Waals surface area contributed by atoms with Crippen LogP contribution in [-0.4, -0.2) is 63.9 Å². The van der Waals surface area contributed by atoms with Gasteiger partial charge in [-0.15, -0.1) is 35.3 Å². The van der Waals surface area contributed by atoms with Crippen molar-refractivity contribution in [2.75, 3.05) is 53.0 Å². The third-order valence-electron chi connectivity index (χ3n) is 4.74. The number of thiophene rings is 1. The molecule has 0 bridgehead atoms. The number of aliphatic imine (C=N–C) groups is 1. The van der Waals surface area contributed by atoms with Crippen LogP contribution in [0, 0.1) is 5.82 Å². The number of nitrogens with one attached hydrogen (secondary N) is 2. The van der Waals surface area contributed by atoms with Crippen LogP contribution in [0.3, 0.4) is 0 Å². The Labute approximate surface area is 198 Å². The molecule has 1 saturated heterocycles. The molecule has 2 aromatic rings. The minimum absolute atomic E-state index is 0. The van der Waals surface area contributed by atoms with E-state index in [2.05, 4.69) is 38.0 Å². The maximum atomic E-state index is 12.9. The van der Waals surface area contributed by atoms with Gasteiger partial charge in [0.05, 0.1) is 25.9 Å². The van der Waals surface area contributed by atoms with Gasteiger partial charge in [0, 0.05) is 38.1 Å². The molecule has 166 valence electrons. The average molecular weight is 548 g/mol. The molecule has 1 fully saturated rings. The van der Waals surface area contributed by atoms with Crippen molar-refractivity contribution in [2.45, 2.75) is 12.5 Å². The first-order chi connectivity index (χ1) is 14.3. The molecule has 1 unspecified atom stereocenters. The molecule has 2 heterocycles. The first-order valence-electron chi connectivity index (χ1n) is 9.94. The van der Waals surface area contributed by atoms with Crippen LogP contribution in [0.1, 0.15) is 17.3 Å². The molecule has 30 heavy (non-hydrogen) atoms. The Kier molecular flexibility index (Phi) is 11.4. The topological polar surface area (TPSA) is 58.1 Å². The van der Waals surface area contributed by atoms with Gasteiger partial charge < -0.3 is 20.1 Å². The summed E-state index contributed by atoms with van der Waals surface area (Å²) in [4.78, 5) is 8.14. The van der Waals surface area contributed by atoms with Crippen molar-refractivity contribution < 1.29 is 13.9 Å². The van der Waals surface area contributed by atoms with Crippen molar-refractivity contribution in [3.63, 3.8) is 0 Å². The molecule has 0 amide bonds. The second kappa shape index (κ2) is 13.8. The molecule has 1 atom stereocenters. The first kappa shape index (κ1) is 24.8. The Balaban J connectivity index is 0.00000320. The number of nitrogens with zero attached hydrogens (tertiary/aromatic N) is 2. The number of guanidine groups is 1. The highest BCUT2D eigenvalue weighted by atomic mass is 127. The fraction of sp³-hybridized carbons (Fsp3) is 0.476. The summed E-state index contributed by atoms with van der Waals surface area (Å²) in [6.45, 7) is 5.52. The van der Waals surface area contributed by atoms with Crippen LogP contribution in [0.25, 0.3) is 0 Å². The Hall–Kier alpha value is -1.43. The number of hydrogen-bond acceptors (Lipinski definition) is 5. The van der Waals surface area contributed by atoms with Crippen molar-refractivity contribution in [2.24, 2.45) is 4.99 Å². The predicted molar refractivity (Wildman–Crippen MR) is 131 cm³/mol. The average Bonchev–Trinajstić information content (AvgIpc) is 3.29. The molecule has 1 aromatic heterocycles. The predicted octanol–water partition coefficient (Wildman–Crippen LogP) is 3.51. The number of rotatable bonds is 9. The zero-order valence-corrected chi connectivity index (χ0v) is 20.3. The molecule has 1 aliphatic rings. The third kappa shape index (κ3) is 8.01. The van der Waals surface area contributed by atoms with Crippen LogP contribution in [0.15, 0.2) is 46.8 Å². The maximum absolute atomic E-state index is 12.9. The van der Waals surface area contributed by atoms with E-state index in [4.69, 9.17) is 9.47 Å². The van der Waals surface area contributed by atoms with Crippen LogP contribution < -0.4 is 15.4 Å². The van der Waals surface area contributed by atoms with Crippen LogP contribution in [-0.2, 0) is 4.74 Å². The fourth-order valence-electron chi connectivity index (χ4n) is 3.19. The highest BCUT2D eigenvalue weighted by Crippen LogP contribution is 2.25. The lowest BCUT2D eigenvalue weighted by molar-refractivity contribution is 0.0177. The van der Waals surface area contributed by atoms with Gasteiger partial charge in [0.25, 0.3) is 0 Å². The van der Waals surface area contributed by atoms with E-state index >= 15 is 0 Å². The highest BCUT2D eigenvalue weighted by molar-refractivity contribution is 14.0. The Morgan fingerprint density at radius 2 is 2.00 bits per heavy atom. The van der Waals surface area contributed by atoms with Gasteiger partial charge in [0.1, 0.15) is 11.6 Å². The zero-order valence-electron chi connectivity index (χ0n) is 17.2. The number of morpholine rings is 1. The Morgan fingerprint density at radius 3 is 2.67 bits per heavy atom. The molecule has 1 aliphatic heterocycles. The maximum Gasteiger partial charge on any atom is 0.191 e.